The van der Waals surface area contributed by atoms with Gasteiger partial charge in [0.15, 0.2) is 0 Å². The minimum atomic E-state index is 1.28. The van der Waals surface area contributed by atoms with Gasteiger partial charge in [-0.1, -0.05) is 32.5 Å². The fourth-order valence-corrected chi connectivity index (χ4v) is 0.860. The Morgan fingerprint density at radius 2 is 2.14 bits per heavy atom. The lowest BCUT2D eigenvalue weighted by Crippen LogP contribution is -1.75. The highest BCUT2D eigenvalue weighted by atomic mass is 31.0. The lowest BCUT2D eigenvalue weighted by Gasteiger charge is -1.89. The monoisotopic (exact) mass is 116 g/mol. The quantitative estimate of drug-likeness (QED) is 0.298. The van der Waals surface area contributed by atoms with Gasteiger partial charge in [0.1, 0.15) is 7.00 Å². The first kappa shape index (κ1) is 7.49. The summed E-state index contributed by atoms with van der Waals surface area (Å²) in [5.74, 6) is 0. The Kier molecular flexibility index (Phi) is 6.95. The van der Waals surface area contributed by atoms with Crippen LogP contribution in [0.3, 0.4) is 0 Å². The largest absolute Gasteiger partial charge is 0.175 e. The zero-order valence-electron chi connectivity index (χ0n) is 5.11. The maximum Gasteiger partial charge on any atom is 0.144 e. The Hall–Kier alpha value is 0.495. The van der Waals surface area contributed by atoms with E-state index in [1.54, 1.807) is 0 Å². The van der Waals surface area contributed by atoms with E-state index in [-0.39, 0.29) is 0 Å². The van der Waals surface area contributed by atoms with Crippen LogP contribution in [0.25, 0.3) is 0 Å². The van der Waals surface area contributed by atoms with Crippen molar-refractivity contribution in [3.63, 3.8) is 0 Å². The van der Waals surface area contributed by atoms with Gasteiger partial charge >= 0.3 is 0 Å². The van der Waals surface area contributed by atoms with Crippen LogP contribution < -0.4 is 0 Å². The summed E-state index contributed by atoms with van der Waals surface area (Å²) >= 11 is 0. The number of unbranched alkanes of at least 4 members (excludes halogenated alkanes) is 2. The molecule has 1 atom stereocenters. The molecular weight excluding hydrogens is 102 g/mol. The Morgan fingerprint density at radius 3 is 2.57 bits per heavy atom. The van der Waals surface area contributed by atoms with Crippen LogP contribution >= 0.6 is 9.12 Å². The lowest BCUT2D eigenvalue weighted by atomic mass is 9.98. The maximum absolute atomic E-state index is 2.75. The number of hydrogen-bond donors (Lipinski definition) is 0. The van der Waals surface area contributed by atoms with E-state index in [1.165, 1.54) is 32.6 Å². The maximum atomic E-state index is 2.75. The highest BCUT2D eigenvalue weighted by Crippen LogP contribution is 1.99. The lowest BCUT2D eigenvalue weighted by molar-refractivity contribution is 0.770. The molecule has 0 aromatic carbocycles. The first-order chi connectivity index (χ1) is 3.41. The molecule has 0 aliphatic carbocycles. The van der Waals surface area contributed by atoms with Crippen LogP contribution in [0.15, 0.2) is 0 Å². The molecule has 0 aromatic rings. The third-order valence-electron chi connectivity index (χ3n) is 1.06. The summed E-state index contributed by atoms with van der Waals surface area (Å²) in [4.78, 5) is 0. The zero-order chi connectivity index (χ0) is 5.54. The van der Waals surface area contributed by atoms with E-state index in [9.17, 15) is 0 Å². The van der Waals surface area contributed by atoms with E-state index in [2.05, 4.69) is 16.0 Å². The van der Waals surface area contributed by atoms with Crippen molar-refractivity contribution in [3.05, 3.63) is 0 Å². The smallest absolute Gasteiger partial charge is 0.144 e. The molecule has 0 saturated heterocycles. The SMILES string of the molecule is CCCCCBP. The average molecular weight is 116 g/mol. The molecule has 0 N–H and O–H groups in total. The summed E-state index contributed by atoms with van der Waals surface area (Å²) in [6, 6.07) is 0. The molecule has 0 aromatic heterocycles. The molecule has 0 amide bonds. The van der Waals surface area contributed by atoms with Crippen LogP contribution in [-0.4, -0.2) is 7.00 Å². The van der Waals surface area contributed by atoms with Gasteiger partial charge in [0.2, 0.25) is 0 Å². The van der Waals surface area contributed by atoms with Gasteiger partial charge in [-0.2, -0.15) is 9.12 Å². The van der Waals surface area contributed by atoms with Crippen molar-refractivity contribution in [2.45, 2.75) is 32.5 Å². The van der Waals surface area contributed by atoms with Gasteiger partial charge in [-0.25, -0.2) is 0 Å². The second-order valence-corrected chi connectivity index (χ2v) is 2.43. The molecule has 0 aliphatic rings. The Bertz CT molecular complexity index is 27.3. The second kappa shape index (κ2) is 6.49. The van der Waals surface area contributed by atoms with E-state index < -0.39 is 0 Å². The molecule has 0 spiro atoms. The van der Waals surface area contributed by atoms with Crippen molar-refractivity contribution in [2.75, 3.05) is 0 Å². The predicted octanol–water partition coefficient (Wildman–Crippen LogP) is 1.82. The molecule has 7 heavy (non-hydrogen) atoms. The van der Waals surface area contributed by atoms with Gasteiger partial charge in [-0.3, -0.25) is 0 Å². The normalized spacial score (nSPS) is 8.86. The average Bonchev–Trinajstić information content (AvgIpc) is 1.69. The Morgan fingerprint density at radius 1 is 1.43 bits per heavy atom. The van der Waals surface area contributed by atoms with Crippen molar-refractivity contribution < 1.29 is 0 Å². The van der Waals surface area contributed by atoms with Gasteiger partial charge in [-0.05, 0) is 0 Å². The van der Waals surface area contributed by atoms with E-state index in [1.807, 2.05) is 0 Å². The van der Waals surface area contributed by atoms with Crippen molar-refractivity contribution in [1.82, 2.24) is 0 Å². The molecule has 0 fully saturated rings. The number of hydrogen-bond acceptors (Lipinski definition) is 0. The molecule has 1 unspecified atom stereocenters. The van der Waals surface area contributed by atoms with Crippen LogP contribution in [0, 0.1) is 0 Å². The van der Waals surface area contributed by atoms with E-state index in [4.69, 9.17) is 0 Å². The summed E-state index contributed by atoms with van der Waals surface area (Å²) in [5, 5.41) is 0. The van der Waals surface area contributed by atoms with Gasteiger partial charge in [0.25, 0.3) is 0 Å². The molecule has 0 saturated carbocycles. The molecule has 0 nitrogen and oxygen atoms in total. The van der Waals surface area contributed by atoms with Crippen molar-refractivity contribution >= 4 is 16.1 Å². The Balaban J connectivity index is 2.45. The van der Waals surface area contributed by atoms with Crippen LogP contribution in [0.2, 0.25) is 6.32 Å². The van der Waals surface area contributed by atoms with Crippen LogP contribution in [0.1, 0.15) is 26.2 Å². The summed E-state index contributed by atoms with van der Waals surface area (Å²) in [7, 11) is 2.75. The molecular formula is C5H14BP. The molecule has 42 valence electrons. The number of rotatable bonds is 4. The molecule has 0 aliphatic heterocycles. The van der Waals surface area contributed by atoms with Gasteiger partial charge in [0.05, 0.1) is 0 Å². The summed E-state index contributed by atoms with van der Waals surface area (Å²) in [5.41, 5.74) is 0. The molecule has 0 radical (unpaired) electrons. The van der Waals surface area contributed by atoms with Crippen molar-refractivity contribution in [1.29, 1.82) is 0 Å². The standard InChI is InChI=1S/C5H14BP/c1-2-3-4-5-6-7/h6H,2-5,7H2,1H3. The summed E-state index contributed by atoms with van der Waals surface area (Å²) in [6.45, 7) is 3.52. The summed E-state index contributed by atoms with van der Waals surface area (Å²) < 4.78 is 0. The fraction of sp³-hybridized carbons (Fsp3) is 1.00. The fourth-order valence-electron chi connectivity index (χ4n) is 0.571. The zero-order valence-corrected chi connectivity index (χ0v) is 6.27. The van der Waals surface area contributed by atoms with Gasteiger partial charge in [-0.15, -0.1) is 0 Å². The van der Waals surface area contributed by atoms with E-state index in [0.717, 1.165) is 0 Å². The third-order valence-corrected chi connectivity index (χ3v) is 1.47. The van der Waals surface area contributed by atoms with Crippen LogP contribution in [-0.2, 0) is 0 Å². The predicted molar refractivity (Wildman–Crippen MR) is 41.2 cm³/mol. The Labute approximate surface area is 49.5 Å². The molecule has 0 bridgehead atoms. The van der Waals surface area contributed by atoms with Crippen molar-refractivity contribution in [2.24, 2.45) is 0 Å². The topological polar surface area (TPSA) is 0 Å². The van der Waals surface area contributed by atoms with E-state index in [0.29, 0.717) is 0 Å². The van der Waals surface area contributed by atoms with Gasteiger partial charge in [0, 0.05) is 0 Å². The molecule has 2 heteroatoms. The first-order valence-electron chi connectivity index (χ1n) is 3.12. The van der Waals surface area contributed by atoms with Crippen LogP contribution in [0.4, 0.5) is 0 Å². The first-order valence-corrected chi connectivity index (χ1v) is 3.93. The molecule has 0 rings (SSSR count). The molecule has 0 heterocycles. The van der Waals surface area contributed by atoms with Gasteiger partial charge < -0.3 is 0 Å². The third kappa shape index (κ3) is 6.49. The van der Waals surface area contributed by atoms with Crippen LogP contribution in [0.5, 0.6) is 0 Å². The van der Waals surface area contributed by atoms with E-state index >= 15 is 0 Å². The second-order valence-electron chi connectivity index (χ2n) is 1.85. The summed E-state index contributed by atoms with van der Waals surface area (Å²) in [6.07, 6.45) is 5.57. The highest BCUT2D eigenvalue weighted by Gasteiger charge is 1.81. The van der Waals surface area contributed by atoms with Crippen molar-refractivity contribution in [3.8, 4) is 0 Å². The highest BCUT2D eigenvalue weighted by molar-refractivity contribution is 7.55. The minimum absolute atomic E-state index is 1.28. The minimum Gasteiger partial charge on any atom is -0.175 e.